The third-order valence-corrected chi connectivity index (χ3v) is 6.81. The predicted molar refractivity (Wildman–Crippen MR) is 63.0 cm³/mol. The van der Waals surface area contributed by atoms with Crippen LogP contribution in [0, 0.1) is 0 Å². The van der Waals surface area contributed by atoms with E-state index >= 15 is 0 Å². The van der Waals surface area contributed by atoms with Crippen LogP contribution in [0.15, 0.2) is 12.1 Å². The molecule has 0 saturated carbocycles. The van der Waals surface area contributed by atoms with Gasteiger partial charge < -0.3 is 4.74 Å². The number of ether oxygens (including phenoxy) is 1. The van der Waals surface area contributed by atoms with Crippen LogP contribution in [-0.2, 0) is 9.53 Å². The van der Waals surface area contributed by atoms with Crippen LogP contribution in [0.3, 0.4) is 0 Å². The molecule has 0 N–H and O–H groups in total. The molecule has 0 aliphatic carbocycles. The van der Waals surface area contributed by atoms with Crippen LogP contribution >= 0.6 is 0 Å². The average Bonchev–Trinajstić information content (AvgIpc) is 2.23. The van der Waals surface area contributed by atoms with E-state index in [1.165, 1.54) is 0 Å². The Labute approximate surface area is 89.8 Å². The number of hydrogen-bond acceptors (Lipinski definition) is 2. The van der Waals surface area contributed by atoms with Crippen LogP contribution in [-0.4, -0.2) is 20.3 Å². The van der Waals surface area contributed by atoms with Crippen molar-refractivity contribution in [3.8, 4) is 0 Å². The lowest BCUT2D eigenvalue weighted by atomic mass is 10.4. The molecule has 1 atom stereocenters. The molecule has 0 saturated heterocycles. The molecule has 0 bridgehead atoms. The van der Waals surface area contributed by atoms with Crippen LogP contribution in [0.25, 0.3) is 0 Å². The quantitative estimate of drug-likeness (QED) is 0.400. The average molecular weight is 215 g/mol. The molecule has 3 heteroatoms. The highest BCUT2D eigenvalue weighted by molar-refractivity contribution is 6.78. The Balaban J connectivity index is 4.21. The summed E-state index contributed by atoms with van der Waals surface area (Å²) in [7, 11) is -1.46. The summed E-state index contributed by atoms with van der Waals surface area (Å²) in [6, 6.07) is 0. The smallest absolute Gasteiger partial charge is 0.332 e. The van der Waals surface area contributed by atoms with Gasteiger partial charge in [-0.3, -0.25) is 0 Å². The number of hydrogen-bond donors (Lipinski definition) is 0. The third kappa shape index (κ3) is 4.09. The fourth-order valence-electron chi connectivity index (χ4n) is 1.06. The van der Waals surface area contributed by atoms with Crippen molar-refractivity contribution in [2.45, 2.75) is 45.8 Å². The van der Waals surface area contributed by atoms with E-state index in [1.54, 1.807) is 6.92 Å². The van der Waals surface area contributed by atoms with Gasteiger partial charge in [-0.2, -0.15) is 0 Å². The first-order valence-corrected chi connectivity index (χ1v) is 8.35. The van der Waals surface area contributed by atoms with Gasteiger partial charge in [0.1, 0.15) is 0 Å². The van der Waals surface area contributed by atoms with E-state index < -0.39 is 8.07 Å². The molecule has 82 valence electrons. The van der Waals surface area contributed by atoms with Gasteiger partial charge >= 0.3 is 5.97 Å². The zero-order chi connectivity index (χ0) is 12.1. The van der Waals surface area contributed by atoms with Crippen LogP contribution in [0.5, 0.6) is 0 Å². The van der Waals surface area contributed by atoms with Crippen molar-refractivity contribution in [3.63, 3.8) is 0 Å². The van der Waals surface area contributed by atoms with E-state index in [4.69, 9.17) is 6.11 Å². The molecule has 0 aromatic rings. The van der Waals surface area contributed by atoms with Gasteiger partial charge in [0.05, 0.1) is 15.7 Å². The van der Waals surface area contributed by atoms with Gasteiger partial charge in [0.25, 0.3) is 0 Å². The van der Waals surface area contributed by atoms with E-state index in [9.17, 15) is 4.79 Å². The van der Waals surface area contributed by atoms with Crippen molar-refractivity contribution >= 4 is 14.0 Å². The molecule has 0 aliphatic heterocycles. The maximum absolute atomic E-state index is 11.3. The number of carbonyl (C=O) groups is 1. The molecule has 14 heavy (non-hydrogen) atoms. The second kappa shape index (κ2) is 5.34. The Morgan fingerprint density at radius 2 is 2.21 bits per heavy atom. The van der Waals surface area contributed by atoms with Crippen molar-refractivity contribution in [3.05, 3.63) is 12.1 Å². The number of carbonyl (C=O) groups excluding carboxylic acids is 1. The fourth-order valence-corrected chi connectivity index (χ4v) is 2.95. The molecular formula is C11H22O2Si. The van der Waals surface area contributed by atoms with Crippen LogP contribution in [0.2, 0.25) is 18.6 Å². The van der Waals surface area contributed by atoms with Gasteiger partial charge in [0, 0.05) is 5.57 Å². The Kier molecular flexibility index (Phi) is 4.39. The Bertz CT molecular complexity index is 249. The summed E-state index contributed by atoms with van der Waals surface area (Å²) in [6.07, 6.45) is 1.68. The maximum Gasteiger partial charge on any atom is 0.332 e. The topological polar surface area (TPSA) is 26.3 Å². The molecule has 0 aromatic carbocycles. The van der Waals surface area contributed by atoms with Crippen molar-refractivity contribution in [2.24, 2.45) is 0 Å². The molecular weight excluding hydrogens is 192 g/mol. The zero-order valence-electron chi connectivity index (χ0n) is 10.9. The zero-order valence-corrected chi connectivity index (χ0v) is 10.9. The molecule has 0 fully saturated rings. The lowest BCUT2D eigenvalue weighted by Gasteiger charge is -2.28. The normalized spacial score (nSPS) is 16.1. The molecule has 0 spiro atoms. The van der Waals surface area contributed by atoms with Gasteiger partial charge in [-0.25, -0.2) is 4.79 Å². The SMILES string of the molecule is [2H]C=C(C)C(=O)OC[Si](C)(C)C(C)CC. The van der Waals surface area contributed by atoms with Gasteiger partial charge in [-0.05, 0) is 12.5 Å². The van der Waals surface area contributed by atoms with Gasteiger partial charge in [-0.15, -0.1) is 0 Å². The molecule has 0 rings (SSSR count). The molecule has 0 radical (unpaired) electrons. The summed E-state index contributed by atoms with van der Waals surface area (Å²) < 4.78 is 12.2. The molecule has 0 aliphatic rings. The Morgan fingerprint density at radius 3 is 2.64 bits per heavy atom. The van der Waals surface area contributed by atoms with Gasteiger partial charge in [0.2, 0.25) is 0 Å². The van der Waals surface area contributed by atoms with E-state index in [0.29, 0.717) is 17.3 Å². The van der Waals surface area contributed by atoms with E-state index in [2.05, 4.69) is 26.9 Å². The van der Waals surface area contributed by atoms with Crippen LogP contribution < -0.4 is 0 Å². The third-order valence-electron chi connectivity index (χ3n) is 2.84. The van der Waals surface area contributed by atoms with Crippen molar-refractivity contribution in [1.29, 1.82) is 0 Å². The highest BCUT2D eigenvalue weighted by Gasteiger charge is 2.28. The lowest BCUT2D eigenvalue weighted by molar-refractivity contribution is -0.137. The highest BCUT2D eigenvalue weighted by Crippen LogP contribution is 2.24. The minimum absolute atomic E-state index is 0.353. The first-order chi connectivity index (χ1) is 6.85. The minimum Gasteiger partial charge on any atom is -0.466 e. The lowest BCUT2D eigenvalue weighted by Crippen LogP contribution is -2.38. The van der Waals surface area contributed by atoms with Gasteiger partial charge in [-0.1, -0.05) is 39.9 Å². The first-order valence-electron chi connectivity index (χ1n) is 5.65. The highest BCUT2D eigenvalue weighted by atomic mass is 28.3. The Hall–Kier alpha value is -0.573. The van der Waals surface area contributed by atoms with Crippen molar-refractivity contribution in [1.82, 2.24) is 0 Å². The molecule has 1 unspecified atom stereocenters. The van der Waals surface area contributed by atoms with Crippen LogP contribution in [0.1, 0.15) is 28.6 Å². The van der Waals surface area contributed by atoms with Crippen LogP contribution in [0.4, 0.5) is 0 Å². The molecule has 0 heterocycles. The number of rotatable bonds is 5. The standard InChI is InChI=1S/C11H22O2Si/c1-7-10(4)14(5,6)8-13-11(12)9(2)3/h10H,2,7-8H2,1,3-6H3/i2D. The molecule has 0 aromatic heterocycles. The van der Waals surface area contributed by atoms with E-state index in [-0.39, 0.29) is 5.97 Å². The number of esters is 1. The summed E-state index contributed by atoms with van der Waals surface area (Å²) in [5.41, 5.74) is 1.01. The first kappa shape index (κ1) is 11.5. The maximum atomic E-state index is 11.3. The van der Waals surface area contributed by atoms with Gasteiger partial charge in [0.15, 0.2) is 0 Å². The van der Waals surface area contributed by atoms with Crippen molar-refractivity contribution < 1.29 is 10.9 Å². The predicted octanol–water partition coefficient (Wildman–Crippen LogP) is 3.15. The summed E-state index contributed by atoms with van der Waals surface area (Å²) in [5, 5.41) is 0. The largest absolute Gasteiger partial charge is 0.466 e. The van der Waals surface area contributed by atoms with E-state index in [1.807, 2.05) is 0 Å². The van der Waals surface area contributed by atoms with E-state index in [0.717, 1.165) is 13.0 Å². The summed E-state index contributed by atoms with van der Waals surface area (Å²) in [5.74, 6) is -0.353. The second-order valence-corrected chi connectivity index (χ2v) is 9.81. The molecule has 0 amide bonds. The summed E-state index contributed by atoms with van der Waals surface area (Å²) in [6.45, 7) is 11.5. The second-order valence-electron chi connectivity index (χ2n) is 4.56. The Morgan fingerprint density at radius 1 is 1.64 bits per heavy atom. The van der Waals surface area contributed by atoms with Crippen molar-refractivity contribution in [2.75, 3.05) is 6.23 Å². The summed E-state index contributed by atoms with van der Waals surface area (Å²) in [4.78, 5) is 11.3. The monoisotopic (exact) mass is 215 g/mol. The molecule has 2 nitrogen and oxygen atoms in total. The minimum atomic E-state index is -1.46. The summed E-state index contributed by atoms with van der Waals surface area (Å²) >= 11 is 0. The fraction of sp³-hybridized carbons (Fsp3) is 0.727.